The summed E-state index contributed by atoms with van der Waals surface area (Å²) in [6, 6.07) is 20.7. The Balaban J connectivity index is 1.50. The molecule has 3 aromatic carbocycles. The molecule has 5 rings (SSSR count). The van der Waals surface area contributed by atoms with Gasteiger partial charge in [-0.3, -0.25) is 19.3 Å². The van der Waals surface area contributed by atoms with Gasteiger partial charge in [-0.2, -0.15) is 4.37 Å². The van der Waals surface area contributed by atoms with Crippen LogP contribution in [0.1, 0.15) is 76.4 Å². The molecule has 46 heavy (non-hydrogen) atoms. The molecule has 0 saturated heterocycles. The van der Waals surface area contributed by atoms with Gasteiger partial charge in [0, 0.05) is 18.3 Å². The van der Waals surface area contributed by atoms with E-state index in [4.69, 9.17) is 10.5 Å². The number of nitrogens with two attached hydrogens (primary N) is 1. The first-order chi connectivity index (χ1) is 22.4. The summed E-state index contributed by atoms with van der Waals surface area (Å²) in [6.07, 6.45) is 5.55. The maximum atomic E-state index is 14.5. The van der Waals surface area contributed by atoms with E-state index in [1.54, 1.807) is 24.3 Å². The lowest BCUT2D eigenvalue weighted by Gasteiger charge is -2.31. The summed E-state index contributed by atoms with van der Waals surface area (Å²) in [6.45, 7) is 2.62. The predicted molar refractivity (Wildman–Crippen MR) is 178 cm³/mol. The minimum absolute atomic E-state index is 0.0174. The molecule has 0 bridgehead atoms. The van der Waals surface area contributed by atoms with Crippen LogP contribution in [0.25, 0.3) is 0 Å². The lowest BCUT2D eigenvalue weighted by atomic mass is 9.95. The van der Waals surface area contributed by atoms with Crippen molar-refractivity contribution in [1.82, 2.24) is 15.0 Å². The fourth-order valence-corrected chi connectivity index (χ4v) is 6.35. The number of ether oxygens (including phenoxy) is 1. The topological polar surface area (TPSA) is 127 Å². The smallest absolute Gasteiger partial charge is 0.273 e. The molecule has 1 fully saturated rings. The number of nitrogens with one attached hydrogen (secondary N) is 2. The second kappa shape index (κ2) is 15.5. The van der Waals surface area contributed by atoms with Gasteiger partial charge in [-0.05, 0) is 85.2 Å². The van der Waals surface area contributed by atoms with E-state index in [1.807, 2.05) is 37.3 Å². The summed E-state index contributed by atoms with van der Waals surface area (Å²) < 4.78 is 23.9. The normalized spacial score (nSPS) is 13.9. The van der Waals surface area contributed by atoms with Crippen LogP contribution in [-0.2, 0) is 11.2 Å². The standard InChI is InChI=1S/C35H38FN5O4S/c1-2-45-28-19-17-27(18-20-28)41(35(44)32-29(37)30(40-46-32)33(42)39-26-11-7-4-8-12-26)31(24-13-15-25(36)16-14-24)34(43)38-22-21-23-9-5-3-6-10-23/h3,5-6,9-10,13-20,26,31H,2,4,7-8,11-12,21-22,37H2,1H3,(H,38,43)(H,39,42). The Morgan fingerprint density at radius 1 is 1.00 bits per heavy atom. The van der Waals surface area contributed by atoms with Crippen LogP contribution in [0.3, 0.4) is 0 Å². The van der Waals surface area contributed by atoms with E-state index in [0.29, 0.717) is 36.6 Å². The number of anilines is 2. The fraction of sp³-hybridized carbons (Fsp3) is 0.314. The lowest BCUT2D eigenvalue weighted by molar-refractivity contribution is -0.122. The molecular weight excluding hydrogens is 605 g/mol. The first kappa shape index (κ1) is 32.6. The molecule has 3 amide bonds. The molecular formula is C35H38FN5O4S. The molecule has 240 valence electrons. The van der Waals surface area contributed by atoms with E-state index in [2.05, 4.69) is 15.0 Å². The van der Waals surface area contributed by atoms with Gasteiger partial charge in [-0.1, -0.05) is 61.7 Å². The van der Waals surface area contributed by atoms with Crippen LogP contribution in [-0.4, -0.2) is 41.3 Å². The van der Waals surface area contributed by atoms with E-state index in [1.165, 1.54) is 29.2 Å². The average Bonchev–Trinajstić information content (AvgIpc) is 3.46. The summed E-state index contributed by atoms with van der Waals surface area (Å²) in [5, 5.41) is 5.96. The van der Waals surface area contributed by atoms with Crippen LogP contribution in [0, 0.1) is 5.82 Å². The second-order valence-corrected chi connectivity index (χ2v) is 11.9. The second-order valence-electron chi connectivity index (χ2n) is 11.2. The largest absolute Gasteiger partial charge is 0.494 e. The molecule has 9 nitrogen and oxygen atoms in total. The average molecular weight is 644 g/mol. The molecule has 4 N–H and O–H groups in total. The van der Waals surface area contributed by atoms with Gasteiger partial charge in [0.05, 0.1) is 12.3 Å². The van der Waals surface area contributed by atoms with Crippen LogP contribution in [0.15, 0.2) is 78.9 Å². The number of amides is 3. The Morgan fingerprint density at radius 3 is 2.37 bits per heavy atom. The molecule has 1 aromatic heterocycles. The van der Waals surface area contributed by atoms with E-state index >= 15 is 0 Å². The van der Waals surface area contributed by atoms with E-state index in [9.17, 15) is 18.8 Å². The summed E-state index contributed by atoms with van der Waals surface area (Å²) >= 11 is 0.807. The third kappa shape index (κ3) is 7.89. The Hall–Kier alpha value is -4.77. The van der Waals surface area contributed by atoms with Crippen molar-refractivity contribution >= 4 is 40.6 Å². The van der Waals surface area contributed by atoms with Crippen molar-refractivity contribution in [2.75, 3.05) is 23.8 Å². The SMILES string of the molecule is CCOc1ccc(N(C(=O)c2snc(C(=O)NC3CCCCC3)c2N)C(C(=O)NCCc2ccccc2)c2ccc(F)cc2)cc1. The zero-order chi connectivity index (χ0) is 32.5. The Morgan fingerprint density at radius 2 is 1.70 bits per heavy atom. The molecule has 1 unspecified atom stereocenters. The number of nitrogen functional groups attached to an aromatic ring is 1. The number of halogens is 1. The van der Waals surface area contributed by atoms with Gasteiger partial charge < -0.3 is 21.1 Å². The van der Waals surface area contributed by atoms with Crippen molar-refractivity contribution in [2.24, 2.45) is 0 Å². The Kier molecular flexibility index (Phi) is 11.0. The van der Waals surface area contributed by atoms with E-state index < -0.39 is 29.6 Å². The van der Waals surface area contributed by atoms with Gasteiger partial charge in [0.15, 0.2) is 5.69 Å². The lowest BCUT2D eigenvalue weighted by Crippen LogP contribution is -2.44. The summed E-state index contributed by atoms with van der Waals surface area (Å²) in [5.41, 5.74) is 8.17. The van der Waals surface area contributed by atoms with Crippen molar-refractivity contribution in [2.45, 2.75) is 57.5 Å². The number of aromatic nitrogens is 1. The van der Waals surface area contributed by atoms with Crippen LogP contribution in [0.4, 0.5) is 15.8 Å². The quantitative estimate of drug-likeness (QED) is 0.172. The third-order valence-electron chi connectivity index (χ3n) is 7.97. The highest BCUT2D eigenvalue weighted by atomic mass is 32.1. The van der Waals surface area contributed by atoms with Gasteiger partial charge in [0.2, 0.25) is 5.91 Å². The highest BCUT2D eigenvalue weighted by Gasteiger charge is 2.36. The monoisotopic (exact) mass is 643 g/mol. The Bertz CT molecular complexity index is 1620. The number of carbonyl (C=O) groups is 3. The predicted octanol–water partition coefficient (Wildman–Crippen LogP) is 6.07. The summed E-state index contributed by atoms with van der Waals surface area (Å²) in [4.78, 5) is 43.0. The zero-order valence-electron chi connectivity index (χ0n) is 25.7. The molecule has 0 spiro atoms. The molecule has 4 aromatic rings. The molecule has 1 heterocycles. The van der Waals surface area contributed by atoms with Crippen LogP contribution >= 0.6 is 11.5 Å². The van der Waals surface area contributed by atoms with E-state index in [0.717, 1.165) is 49.2 Å². The van der Waals surface area contributed by atoms with Crippen LogP contribution in [0.2, 0.25) is 0 Å². The van der Waals surface area contributed by atoms with E-state index in [-0.39, 0.29) is 22.3 Å². The minimum atomic E-state index is -1.21. The van der Waals surface area contributed by atoms with Crippen LogP contribution in [0.5, 0.6) is 5.75 Å². The zero-order valence-corrected chi connectivity index (χ0v) is 26.5. The number of rotatable bonds is 12. The minimum Gasteiger partial charge on any atom is -0.494 e. The third-order valence-corrected chi connectivity index (χ3v) is 8.82. The number of carbonyl (C=O) groups excluding carboxylic acids is 3. The molecule has 0 radical (unpaired) electrons. The highest BCUT2D eigenvalue weighted by Crippen LogP contribution is 2.34. The fourth-order valence-electron chi connectivity index (χ4n) is 5.61. The van der Waals surface area contributed by atoms with Gasteiger partial charge in [-0.25, -0.2) is 4.39 Å². The first-order valence-corrected chi connectivity index (χ1v) is 16.3. The molecule has 1 aliphatic carbocycles. The molecule has 0 aliphatic heterocycles. The molecule has 1 atom stereocenters. The van der Waals surface area contributed by atoms with Gasteiger partial charge in [0.1, 0.15) is 22.5 Å². The van der Waals surface area contributed by atoms with Gasteiger partial charge in [0.25, 0.3) is 11.8 Å². The number of hydrogen-bond donors (Lipinski definition) is 3. The number of hydrogen-bond acceptors (Lipinski definition) is 7. The maximum Gasteiger partial charge on any atom is 0.273 e. The first-order valence-electron chi connectivity index (χ1n) is 15.5. The van der Waals surface area contributed by atoms with Crippen molar-refractivity contribution < 1.29 is 23.5 Å². The highest BCUT2D eigenvalue weighted by molar-refractivity contribution is 7.09. The van der Waals surface area contributed by atoms with Crippen molar-refractivity contribution in [1.29, 1.82) is 0 Å². The Labute approximate surface area is 272 Å². The summed E-state index contributed by atoms with van der Waals surface area (Å²) in [7, 11) is 0. The van der Waals surface area contributed by atoms with Crippen molar-refractivity contribution in [3.05, 3.63) is 106 Å². The van der Waals surface area contributed by atoms with Crippen molar-refractivity contribution in [3.63, 3.8) is 0 Å². The van der Waals surface area contributed by atoms with Crippen molar-refractivity contribution in [3.8, 4) is 5.75 Å². The molecule has 1 aliphatic rings. The van der Waals surface area contributed by atoms with Gasteiger partial charge in [-0.15, -0.1) is 0 Å². The number of nitrogens with zero attached hydrogens (tertiary/aromatic N) is 2. The van der Waals surface area contributed by atoms with Gasteiger partial charge >= 0.3 is 0 Å². The summed E-state index contributed by atoms with van der Waals surface area (Å²) in [5.74, 6) is -1.41. The molecule has 1 saturated carbocycles. The molecule has 11 heteroatoms. The van der Waals surface area contributed by atoms with Crippen LogP contribution < -0.4 is 26.0 Å². The maximum absolute atomic E-state index is 14.5. The number of benzene rings is 3.